The van der Waals surface area contributed by atoms with Gasteiger partial charge < -0.3 is 15.4 Å². The summed E-state index contributed by atoms with van der Waals surface area (Å²) in [6, 6.07) is 3.39. The zero-order valence-electron chi connectivity index (χ0n) is 14.7. The van der Waals surface area contributed by atoms with E-state index in [-0.39, 0.29) is 18.9 Å². The van der Waals surface area contributed by atoms with Gasteiger partial charge in [-0.15, -0.1) is 0 Å². The number of hydrogen-bond donors (Lipinski definition) is 2. The molecular weight excluding hydrogens is 330 g/mol. The number of alkyl carbamates (subject to hydrolysis) is 1. The van der Waals surface area contributed by atoms with E-state index in [1.54, 1.807) is 20.8 Å². The number of carbonyl (C=O) groups is 2. The van der Waals surface area contributed by atoms with E-state index in [1.165, 1.54) is 12.1 Å². The van der Waals surface area contributed by atoms with Gasteiger partial charge in [0.1, 0.15) is 17.2 Å². The van der Waals surface area contributed by atoms with E-state index in [4.69, 9.17) is 4.74 Å². The predicted molar refractivity (Wildman–Crippen MR) is 88.9 cm³/mol. The van der Waals surface area contributed by atoms with Crippen molar-refractivity contribution in [1.29, 1.82) is 0 Å². The Balaban J connectivity index is 1.89. The second-order valence-corrected chi connectivity index (χ2v) is 7.29. The van der Waals surface area contributed by atoms with Gasteiger partial charge in [0.25, 0.3) is 0 Å². The summed E-state index contributed by atoms with van der Waals surface area (Å²) in [5.74, 6) is -1.62. The smallest absolute Gasteiger partial charge is 0.407 e. The van der Waals surface area contributed by atoms with E-state index in [1.807, 2.05) is 0 Å². The fourth-order valence-corrected chi connectivity index (χ4v) is 2.79. The SMILES string of the molecule is CC(C)(C)OC(=O)NCCC(=O)NC1(c2ccc(F)cc2F)CCC1. The first-order valence-electron chi connectivity index (χ1n) is 8.35. The lowest BCUT2D eigenvalue weighted by molar-refractivity contribution is -0.124. The van der Waals surface area contributed by atoms with Crippen molar-refractivity contribution in [3.8, 4) is 0 Å². The van der Waals surface area contributed by atoms with Gasteiger partial charge in [-0.25, -0.2) is 13.6 Å². The fourth-order valence-electron chi connectivity index (χ4n) is 2.79. The van der Waals surface area contributed by atoms with Crippen molar-refractivity contribution in [2.45, 2.75) is 57.6 Å². The molecule has 138 valence electrons. The number of ether oxygens (including phenoxy) is 1. The van der Waals surface area contributed by atoms with Gasteiger partial charge in [-0.05, 0) is 46.1 Å². The Morgan fingerprint density at radius 1 is 1.24 bits per heavy atom. The number of carbonyl (C=O) groups excluding carboxylic acids is 2. The molecule has 1 aromatic rings. The molecule has 1 saturated carbocycles. The number of amides is 2. The van der Waals surface area contributed by atoms with Crippen LogP contribution in [-0.2, 0) is 15.1 Å². The lowest BCUT2D eigenvalue weighted by Crippen LogP contribution is -2.51. The molecule has 2 N–H and O–H groups in total. The van der Waals surface area contributed by atoms with Crippen LogP contribution in [0.3, 0.4) is 0 Å². The minimum Gasteiger partial charge on any atom is -0.444 e. The van der Waals surface area contributed by atoms with Crippen LogP contribution in [0.1, 0.15) is 52.0 Å². The minimum absolute atomic E-state index is 0.0454. The highest BCUT2D eigenvalue weighted by molar-refractivity contribution is 5.78. The van der Waals surface area contributed by atoms with E-state index >= 15 is 0 Å². The van der Waals surface area contributed by atoms with Crippen LogP contribution in [0.2, 0.25) is 0 Å². The van der Waals surface area contributed by atoms with E-state index in [2.05, 4.69) is 10.6 Å². The maximum Gasteiger partial charge on any atom is 0.407 e. The standard InChI is InChI=1S/C18H24F2N2O3/c1-17(2,3)25-16(24)21-10-7-15(23)22-18(8-4-9-18)13-6-5-12(19)11-14(13)20/h5-6,11H,4,7-10H2,1-3H3,(H,21,24)(H,22,23). The van der Waals surface area contributed by atoms with Crippen LogP contribution in [0.4, 0.5) is 13.6 Å². The van der Waals surface area contributed by atoms with Crippen LogP contribution in [0.5, 0.6) is 0 Å². The van der Waals surface area contributed by atoms with E-state index < -0.39 is 28.9 Å². The molecule has 0 spiro atoms. The number of nitrogens with one attached hydrogen (secondary N) is 2. The van der Waals surface area contributed by atoms with Gasteiger partial charge in [0.2, 0.25) is 5.91 Å². The van der Waals surface area contributed by atoms with Crippen molar-refractivity contribution >= 4 is 12.0 Å². The lowest BCUT2D eigenvalue weighted by Gasteiger charge is -2.43. The van der Waals surface area contributed by atoms with Gasteiger partial charge in [0, 0.05) is 24.6 Å². The molecule has 0 saturated heterocycles. The fraction of sp³-hybridized carbons (Fsp3) is 0.556. The second-order valence-electron chi connectivity index (χ2n) is 7.29. The average molecular weight is 354 g/mol. The molecule has 0 bridgehead atoms. The normalized spacial score (nSPS) is 15.9. The van der Waals surface area contributed by atoms with E-state index in [0.29, 0.717) is 18.4 Å². The molecule has 1 aromatic carbocycles. The highest BCUT2D eigenvalue weighted by Gasteiger charge is 2.41. The molecule has 0 unspecified atom stereocenters. The molecule has 0 heterocycles. The second kappa shape index (κ2) is 7.37. The molecule has 1 fully saturated rings. The molecule has 7 heteroatoms. The predicted octanol–water partition coefficient (Wildman–Crippen LogP) is 3.38. The third kappa shape index (κ3) is 5.14. The Morgan fingerprint density at radius 2 is 1.92 bits per heavy atom. The average Bonchev–Trinajstić information content (AvgIpc) is 2.41. The maximum atomic E-state index is 14.1. The van der Waals surface area contributed by atoms with Gasteiger partial charge >= 0.3 is 6.09 Å². The number of rotatable bonds is 5. The summed E-state index contributed by atoms with van der Waals surface area (Å²) in [6.07, 6.45) is 1.50. The van der Waals surface area contributed by atoms with Crippen LogP contribution in [0.25, 0.3) is 0 Å². The largest absolute Gasteiger partial charge is 0.444 e. The summed E-state index contributed by atoms with van der Waals surface area (Å²) in [5, 5.41) is 5.34. The van der Waals surface area contributed by atoms with Crippen LogP contribution in [0, 0.1) is 11.6 Å². The van der Waals surface area contributed by atoms with Crippen molar-refractivity contribution in [3.05, 3.63) is 35.4 Å². The van der Waals surface area contributed by atoms with Gasteiger partial charge in [-0.1, -0.05) is 6.07 Å². The van der Waals surface area contributed by atoms with Crippen molar-refractivity contribution in [2.75, 3.05) is 6.54 Å². The Kier molecular flexibility index (Phi) is 5.65. The lowest BCUT2D eigenvalue weighted by atomic mass is 9.71. The van der Waals surface area contributed by atoms with Crippen LogP contribution >= 0.6 is 0 Å². The molecule has 1 aliphatic carbocycles. The third-order valence-corrected chi connectivity index (χ3v) is 4.05. The quantitative estimate of drug-likeness (QED) is 0.852. The zero-order chi connectivity index (χ0) is 18.7. The Morgan fingerprint density at radius 3 is 2.44 bits per heavy atom. The summed E-state index contributed by atoms with van der Waals surface area (Å²) >= 11 is 0. The van der Waals surface area contributed by atoms with E-state index in [0.717, 1.165) is 12.5 Å². The first-order valence-corrected chi connectivity index (χ1v) is 8.35. The summed E-state index contributed by atoms with van der Waals surface area (Å²) < 4.78 is 32.3. The molecule has 1 aliphatic rings. The molecule has 0 radical (unpaired) electrons. The zero-order valence-corrected chi connectivity index (χ0v) is 14.7. The maximum absolute atomic E-state index is 14.1. The van der Waals surface area contributed by atoms with Crippen LogP contribution in [-0.4, -0.2) is 24.1 Å². The number of hydrogen-bond acceptors (Lipinski definition) is 3. The first-order chi connectivity index (χ1) is 11.6. The minimum atomic E-state index is -0.791. The van der Waals surface area contributed by atoms with Crippen LogP contribution in [0.15, 0.2) is 18.2 Å². The highest BCUT2D eigenvalue weighted by atomic mass is 19.1. The Bertz CT molecular complexity index is 652. The van der Waals surface area contributed by atoms with Crippen molar-refractivity contribution in [1.82, 2.24) is 10.6 Å². The molecule has 0 aromatic heterocycles. The molecular formula is C18H24F2N2O3. The first kappa shape index (κ1) is 19.1. The summed E-state index contributed by atoms with van der Waals surface area (Å²) in [6.45, 7) is 5.35. The molecule has 5 nitrogen and oxygen atoms in total. The van der Waals surface area contributed by atoms with Gasteiger partial charge in [-0.3, -0.25) is 4.79 Å². The van der Waals surface area contributed by atoms with Crippen LogP contribution < -0.4 is 10.6 Å². The molecule has 2 rings (SSSR count). The summed E-state index contributed by atoms with van der Waals surface area (Å²) in [5.41, 5.74) is -1.10. The molecule has 2 amide bonds. The summed E-state index contributed by atoms with van der Waals surface area (Å²) in [4.78, 5) is 23.7. The third-order valence-electron chi connectivity index (χ3n) is 4.05. The van der Waals surface area contributed by atoms with Crippen molar-refractivity contribution in [2.24, 2.45) is 0 Å². The monoisotopic (exact) mass is 354 g/mol. The number of benzene rings is 1. The Labute approximate surface area is 146 Å². The highest BCUT2D eigenvalue weighted by Crippen LogP contribution is 2.42. The molecule has 0 atom stereocenters. The van der Waals surface area contributed by atoms with Gasteiger partial charge in [0.05, 0.1) is 5.54 Å². The van der Waals surface area contributed by atoms with Crippen molar-refractivity contribution in [3.63, 3.8) is 0 Å². The van der Waals surface area contributed by atoms with Crippen molar-refractivity contribution < 1.29 is 23.1 Å². The molecule has 0 aliphatic heterocycles. The summed E-state index contributed by atoms with van der Waals surface area (Å²) in [7, 11) is 0. The Hall–Kier alpha value is -2.18. The molecule has 25 heavy (non-hydrogen) atoms. The topological polar surface area (TPSA) is 67.4 Å². The van der Waals surface area contributed by atoms with E-state index in [9.17, 15) is 18.4 Å². The number of halogens is 2. The van der Waals surface area contributed by atoms with Gasteiger partial charge in [-0.2, -0.15) is 0 Å². The van der Waals surface area contributed by atoms with Gasteiger partial charge in [0.15, 0.2) is 0 Å².